The first kappa shape index (κ1) is 18.9. The first-order chi connectivity index (χ1) is 14.1. The van der Waals surface area contributed by atoms with E-state index in [0.29, 0.717) is 25.3 Å². The van der Waals surface area contributed by atoms with Gasteiger partial charge in [-0.15, -0.1) is 10.2 Å². The molecule has 29 heavy (non-hydrogen) atoms. The van der Waals surface area contributed by atoms with Crippen molar-refractivity contribution in [3.63, 3.8) is 0 Å². The van der Waals surface area contributed by atoms with E-state index in [9.17, 15) is 4.79 Å². The molecule has 0 saturated carbocycles. The average Bonchev–Trinajstić information content (AvgIpc) is 3.20. The second kappa shape index (κ2) is 8.30. The van der Waals surface area contributed by atoms with Crippen LogP contribution in [0.15, 0.2) is 48.7 Å². The Labute approximate surface area is 169 Å². The van der Waals surface area contributed by atoms with Gasteiger partial charge in [0.05, 0.1) is 19.2 Å². The summed E-state index contributed by atoms with van der Waals surface area (Å²) in [5.74, 6) is 2.37. The van der Waals surface area contributed by atoms with Crippen molar-refractivity contribution in [1.29, 1.82) is 0 Å². The fraction of sp³-hybridized carbons (Fsp3) is 0.333. The Hall–Kier alpha value is -3.42. The van der Waals surface area contributed by atoms with Crippen LogP contribution in [0.5, 0.6) is 5.75 Å². The fourth-order valence-electron chi connectivity index (χ4n) is 3.46. The van der Waals surface area contributed by atoms with E-state index in [4.69, 9.17) is 4.74 Å². The van der Waals surface area contributed by atoms with Crippen LogP contribution in [-0.4, -0.2) is 64.1 Å². The van der Waals surface area contributed by atoms with Crippen molar-refractivity contribution in [1.82, 2.24) is 24.9 Å². The van der Waals surface area contributed by atoms with E-state index in [0.717, 1.165) is 35.9 Å². The molecule has 2 aromatic heterocycles. The van der Waals surface area contributed by atoms with Crippen LogP contribution in [0.4, 0.5) is 5.82 Å². The molecule has 0 unspecified atom stereocenters. The van der Waals surface area contributed by atoms with Gasteiger partial charge in [0.25, 0.3) is 0 Å². The van der Waals surface area contributed by atoms with Crippen LogP contribution in [0.2, 0.25) is 0 Å². The lowest BCUT2D eigenvalue weighted by molar-refractivity contribution is -0.130. The molecule has 1 amide bonds. The molecule has 0 radical (unpaired) electrons. The van der Waals surface area contributed by atoms with Crippen molar-refractivity contribution in [2.24, 2.45) is 0 Å². The fourth-order valence-corrected chi connectivity index (χ4v) is 3.46. The molecule has 3 aromatic rings. The molecule has 1 fully saturated rings. The molecular formula is C21H24N6O2. The van der Waals surface area contributed by atoms with E-state index in [-0.39, 0.29) is 5.91 Å². The van der Waals surface area contributed by atoms with Gasteiger partial charge < -0.3 is 14.5 Å². The summed E-state index contributed by atoms with van der Waals surface area (Å²) in [4.78, 5) is 16.7. The number of aromatic nitrogens is 4. The summed E-state index contributed by atoms with van der Waals surface area (Å²) in [6.07, 6.45) is 2.22. The SMILES string of the molecule is COc1ccccc1CC(=O)N1CCN(c2ccc(-n3ccc(C)n3)nn2)CC1. The number of hydrogen-bond donors (Lipinski definition) is 0. The summed E-state index contributed by atoms with van der Waals surface area (Å²) in [7, 11) is 1.63. The monoisotopic (exact) mass is 392 g/mol. The average molecular weight is 392 g/mol. The molecule has 1 saturated heterocycles. The molecule has 1 aromatic carbocycles. The van der Waals surface area contributed by atoms with Crippen LogP contribution in [0.3, 0.4) is 0 Å². The highest BCUT2D eigenvalue weighted by Crippen LogP contribution is 2.20. The van der Waals surface area contributed by atoms with E-state index in [1.807, 2.05) is 60.5 Å². The Bertz CT molecular complexity index is 977. The van der Waals surface area contributed by atoms with Gasteiger partial charge in [0.2, 0.25) is 5.91 Å². The number of piperazine rings is 1. The van der Waals surface area contributed by atoms with Gasteiger partial charge in [-0.05, 0) is 31.2 Å². The minimum atomic E-state index is 0.115. The number of ether oxygens (including phenoxy) is 1. The number of benzene rings is 1. The van der Waals surface area contributed by atoms with Crippen molar-refractivity contribution in [3.05, 3.63) is 59.9 Å². The van der Waals surface area contributed by atoms with Crippen molar-refractivity contribution in [2.45, 2.75) is 13.3 Å². The second-order valence-electron chi connectivity index (χ2n) is 7.01. The standard InChI is InChI=1S/C21H24N6O2/c1-16-9-10-27(24-16)20-8-7-19(22-23-20)25-11-13-26(14-12-25)21(28)15-17-5-3-4-6-18(17)29-2/h3-10H,11-15H2,1-2H3. The van der Waals surface area contributed by atoms with E-state index in [1.165, 1.54) is 0 Å². The third kappa shape index (κ3) is 4.21. The Morgan fingerprint density at radius 3 is 2.38 bits per heavy atom. The molecule has 8 heteroatoms. The Balaban J connectivity index is 1.35. The van der Waals surface area contributed by atoms with Crippen molar-refractivity contribution in [3.8, 4) is 11.6 Å². The predicted molar refractivity (Wildman–Crippen MR) is 109 cm³/mol. The van der Waals surface area contributed by atoms with Gasteiger partial charge in [-0.1, -0.05) is 18.2 Å². The summed E-state index contributed by atoms with van der Waals surface area (Å²) >= 11 is 0. The zero-order chi connectivity index (χ0) is 20.2. The number of amides is 1. The number of aryl methyl sites for hydroxylation is 1. The molecule has 1 aliphatic rings. The summed E-state index contributed by atoms with van der Waals surface area (Å²) in [6.45, 7) is 4.72. The lowest BCUT2D eigenvalue weighted by atomic mass is 10.1. The van der Waals surface area contributed by atoms with Crippen LogP contribution in [0.1, 0.15) is 11.3 Å². The zero-order valence-corrected chi connectivity index (χ0v) is 16.7. The van der Waals surface area contributed by atoms with E-state index < -0.39 is 0 Å². The van der Waals surface area contributed by atoms with E-state index in [2.05, 4.69) is 20.2 Å². The van der Waals surface area contributed by atoms with Crippen molar-refractivity contribution in [2.75, 3.05) is 38.2 Å². The van der Waals surface area contributed by atoms with Gasteiger partial charge in [0, 0.05) is 37.9 Å². The van der Waals surface area contributed by atoms with Gasteiger partial charge in [0.15, 0.2) is 11.6 Å². The Morgan fingerprint density at radius 1 is 1.00 bits per heavy atom. The topological polar surface area (TPSA) is 76.4 Å². The van der Waals surface area contributed by atoms with Gasteiger partial charge >= 0.3 is 0 Å². The van der Waals surface area contributed by atoms with Gasteiger partial charge in [-0.2, -0.15) is 5.10 Å². The molecule has 3 heterocycles. The molecule has 1 aliphatic heterocycles. The highest BCUT2D eigenvalue weighted by Gasteiger charge is 2.23. The third-order valence-electron chi connectivity index (χ3n) is 5.08. The molecule has 0 atom stereocenters. The smallest absolute Gasteiger partial charge is 0.227 e. The van der Waals surface area contributed by atoms with Crippen LogP contribution < -0.4 is 9.64 Å². The predicted octanol–water partition coefficient (Wildman–Crippen LogP) is 1.87. The number of carbonyl (C=O) groups excluding carboxylic acids is 1. The minimum Gasteiger partial charge on any atom is -0.496 e. The molecule has 8 nitrogen and oxygen atoms in total. The Morgan fingerprint density at radius 2 is 1.72 bits per heavy atom. The molecule has 0 spiro atoms. The number of nitrogens with zero attached hydrogens (tertiary/aromatic N) is 6. The largest absolute Gasteiger partial charge is 0.496 e. The van der Waals surface area contributed by atoms with Crippen molar-refractivity contribution >= 4 is 11.7 Å². The number of rotatable bonds is 5. The quantitative estimate of drug-likeness (QED) is 0.660. The van der Waals surface area contributed by atoms with Gasteiger partial charge in [0.1, 0.15) is 5.75 Å². The zero-order valence-electron chi connectivity index (χ0n) is 16.7. The maximum atomic E-state index is 12.7. The summed E-state index contributed by atoms with van der Waals surface area (Å²) < 4.78 is 7.06. The molecule has 0 N–H and O–H groups in total. The van der Waals surface area contributed by atoms with Gasteiger partial charge in [-0.3, -0.25) is 4.79 Å². The highest BCUT2D eigenvalue weighted by molar-refractivity contribution is 5.79. The minimum absolute atomic E-state index is 0.115. The van der Waals surface area contributed by atoms with E-state index >= 15 is 0 Å². The van der Waals surface area contributed by atoms with Crippen LogP contribution >= 0.6 is 0 Å². The Kier molecular flexibility index (Phi) is 5.41. The maximum Gasteiger partial charge on any atom is 0.227 e. The first-order valence-electron chi connectivity index (χ1n) is 9.65. The second-order valence-corrected chi connectivity index (χ2v) is 7.01. The highest BCUT2D eigenvalue weighted by atomic mass is 16.5. The van der Waals surface area contributed by atoms with Crippen molar-refractivity contribution < 1.29 is 9.53 Å². The summed E-state index contributed by atoms with van der Waals surface area (Å²) in [6, 6.07) is 13.4. The molecule has 150 valence electrons. The normalized spacial score (nSPS) is 14.1. The molecular weight excluding hydrogens is 368 g/mol. The lowest BCUT2D eigenvalue weighted by Crippen LogP contribution is -2.49. The lowest BCUT2D eigenvalue weighted by Gasteiger charge is -2.35. The van der Waals surface area contributed by atoms with E-state index in [1.54, 1.807) is 11.8 Å². The number of hydrogen-bond acceptors (Lipinski definition) is 6. The number of para-hydroxylation sites is 1. The van der Waals surface area contributed by atoms with Crippen LogP contribution in [0, 0.1) is 6.92 Å². The summed E-state index contributed by atoms with van der Waals surface area (Å²) in [5.41, 5.74) is 1.85. The van der Waals surface area contributed by atoms with Crippen LogP contribution in [0.25, 0.3) is 5.82 Å². The first-order valence-corrected chi connectivity index (χ1v) is 9.65. The number of carbonyl (C=O) groups is 1. The molecule has 0 aliphatic carbocycles. The molecule has 0 bridgehead atoms. The van der Waals surface area contributed by atoms with Crippen LogP contribution in [-0.2, 0) is 11.2 Å². The summed E-state index contributed by atoms with van der Waals surface area (Å²) in [5, 5.41) is 13.0. The number of methoxy groups -OCH3 is 1. The molecule has 4 rings (SSSR count). The van der Waals surface area contributed by atoms with Gasteiger partial charge in [-0.25, -0.2) is 4.68 Å². The maximum absolute atomic E-state index is 12.7. The number of anilines is 1. The third-order valence-corrected chi connectivity index (χ3v) is 5.08.